The molecule has 0 aliphatic rings. The molecular formula is C13H19NO5S. The normalized spacial score (nSPS) is 13.2. The Morgan fingerprint density at radius 2 is 2.10 bits per heavy atom. The van der Waals surface area contributed by atoms with E-state index in [4.69, 9.17) is 9.84 Å². The monoisotopic (exact) mass is 301 g/mol. The van der Waals surface area contributed by atoms with Gasteiger partial charge in [0, 0.05) is 13.7 Å². The van der Waals surface area contributed by atoms with E-state index in [2.05, 4.69) is 4.72 Å². The first kappa shape index (κ1) is 16.6. The van der Waals surface area contributed by atoms with Crippen LogP contribution in [0.5, 0.6) is 0 Å². The van der Waals surface area contributed by atoms with Gasteiger partial charge in [0.05, 0.1) is 16.6 Å². The molecule has 0 aliphatic carbocycles. The third kappa shape index (κ3) is 4.03. The highest BCUT2D eigenvalue weighted by Gasteiger charge is 2.20. The van der Waals surface area contributed by atoms with Crippen LogP contribution in [0.3, 0.4) is 0 Å². The zero-order valence-corrected chi connectivity index (χ0v) is 12.5. The summed E-state index contributed by atoms with van der Waals surface area (Å²) in [6.45, 7) is 3.67. The van der Waals surface area contributed by atoms with Gasteiger partial charge in [0.25, 0.3) is 0 Å². The predicted molar refractivity (Wildman–Crippen MR) is 74.4 cm³/mol. The van der Waals surface area contributed by atoms with Crippen LogP contribution in [0.25, 0.3) is 0 Å². The van der Waals surface area contributed by atoms with Gasteiger partial charge in [-0.2, -0.15) is 0 Å². The van der Waals surface area contributed by atoms with E-state index in [9.17, 15) is 13.2 Å². The first-order valence-corrected chi connectivity index (χ1v) is 7.68. The molecule has 0 heterocycles. The van der Waals surface area contributed by atoms with Crippen molar-refractivity contribution in [1.29, 1.82) is 0 Å². The van der Waals surface area contributed by atoms with Crippen molar-refractivity contribution >= 4 is 16.0 Å². The Morgan fingerprint density at radius 3 is 2.60 bits per heavy atom. The van der Waals surface area contributed by atoms with Crippen LogP contribution >= 0.6 is 0 Å². The van der Waals surface area contributed by atoms with E-state index in [0.29, 0.717) is 12.0 Å². The summed E-state index contributed by atoms with van der Waals surface area (Å²) >= 11 is 0. The number of carboxylic acid groups (broad SMARTS) is 1. The highest BCUT2D eigenvalue weighted by Crippen LogP contribution is 2.18. The van der Waals surface area contributed by atoms with E-state index in [-0.39, 0.29) is 23.1 Å². The average molecular weight is 301 g/mol. The third-order valence-corrected chi connectivity index (χ3v) is 4.45. The van der Waals surface area contributed by atoms with Crippen molar-refractivity contribution in [2.24, 2.45) is 0 Å². The SMILES string of the molecule is CCc1ccc(C(=O)O)cc1S(=O)(=O)NCC(C)OC. The topological polar surface area (TPSA) is 92.7 Å². The van der Waals surface area contributed by atoms with Gasteiger partial charge in [0.2, 0.25) is 10.0 Å². The van der Waals surface area contributed by atoms with Gasteiger partial charge < -0.3 is 9.84 Å². The van der Waals surface area contributed by atoms with Gasteiger partial charge in [0.15, 0.2) is 0 Å². The fourth-order valence-electron chi connectivity index (χ4n) is 1.62. The smallest absolute Gasteiger partial charge is 0.335 e. The quantitative estimate of drug-likeness (QED) is 0.791. The lowest BCUT2D eigenvalue weighted by atomic mass is 10.1. The zero-order chi connectivity index (χ0) is 15.3. The number of nitrogens with one attached hydrogen (secondary N) is 1. The molecule has 1 atom stereocenters. The summed E-state index contributed by atoms with van der Waals surface area (Å²) in [5, 5.41) is 8.96. The summed E-state index contributed by atoms with van der Waals surface area (Å²) in [6.07, 6.45) is 0.230. The molecule has 0 radical (unpaired) electrons. The maximum atomic E-state index is 12.2. The van der Waals surface area contributed by atoms with E-state index < -0.39 is 16.0 Å². The molecule has 0 saturated heterocycles. The second-order valence-corrected chi connectivity index (χ2v) is 6.11. The molecule has 1 rings (SSSR count). The molecule has 112 valence electrons. The number of ether oxygens (including phenoxy) is 1. The summed E-state index contributed by atoms with van der Waals surface area (Å²) in [6, 6.07) is 4.11. The van der Waals surface area contributed by atoms with Gasteiger partial charge in [-0.05, 0) is 31.0 Å². The van der Waals surface area contributed by atoms with Gasteiger partial charge in [-0.3, -0.25) is 0 Å². The number of carbonyl (C=O) groups is 1. The molecule has 0 spiro atoms. The molecule has 0 bridgehead atoms. The van der Waals surface area contributed by atoms with E-state index in [1.54, 1.807) is 6.92 Å². The average Bonchev–Trinajstić information content (AvgIpc) is 2.43. The van der Waals surface area contributed by atoms with Crippen molar-refractivity contribution in [2.75, 3.05) is 13.7 Å². The second kappa shape index (κ2) is 6.83. The molecule has 20 heavy (non-hydrogen) atoms. The Balaban J connectivity index is 3.14. The zero-order valence-electron chi connectivity index (χ0n) is 11.7. The molecule has 1 aromatic carbocycles. The molecule has 0 aromatic heterocycles. The molecule has 0 fully saturated rings. The maximum Gasteiger partial charge on any atom is 0.335 e. The number of rotatable bonds is 7. The fraction of sp³-hybridized carbons (Fsp3) is 0.462. The lowest BCUT2D eigenvalue weighted by molar-refractivity contribution is 0.0696. The highest BCUT2D eigenvalue weighted by atomic mass is 32.2. The Bertz CT molecular complexity index is 582. The minimum atomic E-state index is -3.76. The van der Waals surface area contributed by atoms with Crippen molar-refractivity contribution in [3.05, 3.63) is 29.3 Å². The summed E-state index contributed by atoms with van der Waals surface area (Å²) in [7, 11) is -2.27. The fourth-order valence-corrected chi connectivity index (χ4v) is 3.07. The summed E-state index contributed by atoms with van der Waals surface area (Å²) in [5.74, 6) is -1.16. The molecule has 1 unspecified atom stereocenters. The van der Waals surface area contributed by atoms with E-state index >= 15 is 0 Å². The Hall–Kier alpha value is -1.44. The lowest BCUT2D eigenvalue weighted by Gasteiger charge is -2.14. The molecule has 6 nitrogen and oxygen atoms in total. The minimum Gasteiger partial charge on any atom is -0.478 e. The second-order valence-electron chi connectivity index (χ2n) is 4.38. The molecule has 0 aliphatic heterocycles. The van der Waals surface area contributed by atoms with E-state index in [0.717, 1.165) is 0 Å². The number of hydrogen-bond acceptors (Lipinski definition) is 4. The highest BCUT2D eigenvalue weighted by molar-refractivity contribution is 7.89. The van der Waals surface area contributed by atoms with Crippen molar-refractivity contribution in [1.82, 2.24) is 4.72 Å². The van der Waals surface area contributed by atoms with Gasteiger partial charge in [0.1, 0.15) is 0 Å². The summed E-state index contributed by atoms with van der Waals surface area (Å²) in [5.41, 5.74) is 0.523. The van der Waals surface area contributed by atoms with Crippen LogP contribution in [-0.2, 0) is 21.2 Å². The first-order chi connectivity index (χ1) is 9.31. The number of aromatic carboxylic acids is 1. The van der Waals surface area contributed by atoms with Gasteiger partial charge >= 0.3 is 5.97 Å². The van der Waals surface area contributed by atoms with Crippen molar-refractivity contribution in [3.8, 4) is 0 Å². The Labute approximate surface area is 118 Å². The van der Waals surface area contributed by atoms with E-state index in [1.807, 2.05) is 6.92 Å². The molecule has 0 amide bonds. The lowest BCUT2D eigenvalue weighted by Crippen LogP contribution is -2.32. The van der Waals surface area contributed by atoms with Crippen molar-refractivity contribution in [3.63, 3.8) is 0 Å². The van der Waals surface area contributed by atoms with Crippen LogP contribution in [0, 0.1) is 0 Å². The molecule has 0 saturated carbocycles. The molecule has 7 heteroatoms. The van der Waals surface area contributed by atoms with Crippen LogP contribution in [0.15, 0.2) is 23.1 Å². The van der Waals surface area contributed by atoms with Crippen LogP contribution in [-0.4, -0.2) is 39.3 Å². The molecule has 2 N–H and O–H groups in total. The number of benzene rings is 1. The van der Waals surface area contributed by atoms with Crippen LogP contribution in [0.2, 0.25) is 0 Å². The molecular weight excluding hydrogens is 282 g/mol. The van der Waals surface area contributed by atoms with Crippen molar-refractivity contribution < 1.29 is 23.1 Å². The van der Waals surface area contributed by atoms with Crippen molar-refractivity contribution in [2.45, 2.75) is 31.3 Å². The number of sulfonamides is 1. The standard InChI is InChI=1S/C13H19NO5S/c1-4-10-5-6-11(13(15)16)7-12(10)20(17,18)14-8-9(2)19-3/h5-7,9,14H,4,8H2,1-3H3,(H,15,16). The third-order valence-electron chi connectivity index (χ3n) is 2.95. The van der Waals surface area contributed by atoms with E-state index in [1.165, 1.54) is 25.3 Å². The number of carboxylic acids is 1. The van der Waals surface area contributed by atoms with Crippen LogP contribution < -0.4 is 4.72 Å². The Morgan fingerprint density at radius 1 is 1.45 bits per heavy atom. The Kier molecular flexibility index (Phi) is 5.67. The van der Waals surface area contributed by atoms with Crippen LogP contribution in [0.1, 0.15) is 29.8 Å². The van der Waals surface area contributed by atoms with Gasteiger partial charge in [-0.25, -0.2) is 17.9 Å². The number of aryl methyl sites for hydroxylation is 1. The van der Waals surface area contributed by atoms with Gasteiger partial charge in [-0.1, -0.05) is 13.0 Å². The summed E-state index contributed by atoms with van der Waals surface area (Å²) < 4.78 is 31.9. The largest absolute Gasteiger partial charge is 0.478 e. The summed E-state index contributed by atoms with van der Waals surface area (Å²) in [4.78, 5) is 11.0. The number of methoxy groups -OCH3 is 1. The van der Waals surface area contributed by atoms with Gasteiger partial charge in [-0.15, -0.1) is 0 Å². The first-order valence-electron chi connectivity index (χ1n) is 6.20. The minimum absolute atomic E-state index is 0.00297. The number of hydrogen-bond donors (Lipinski definition) is 2. The predicted octanol–water partition coefficient (Wildman–Crippen LogP) is 1.26. The molecule has 1 aromatic rings. The maximum absolute atomic E-state index is 12.2. The van der Waals surface area contributed by atoms with Crippen LogP contribution in [0.4, 0.5) is 0 Å².